The predicted octanol–water partition coefficient (Wildman–Crippen LogP) is 5.37. The van der Waals surface area contributed by atoms with Gasteiger partial charge in [-0.3, -0.25) is 0 Å². The fourth-order valence-corrected chi connectivity index (χ4v) is 6.21. The Bertz CT molecular complexity index is 887. The second-order valence-electron chi connectivity index (χ2n) is 6.81. The van der Waals surface area contributed by atoms with Crippen molar-refractivity contribution in [2.24, 2.45) is 0 Å². The van der Waals surface area contributed by atoms with Gasteiger partial charge in [0.05, 0.1) is 0 Å². The topological polar surface area (TPSA) is 9.23 Å². The van der Waals surface area contributed by atoms with Crippen LogP contribution >= 0.6 is 0 Å². The van der Waals surface area contributed by atoms with Gasteiger partial charge in [0, 0.05) is 0 Å². The van der Waals surface area contributed by atoms with Crippen molar-refractivity contribution in [3.05, 3.63) is 107 Å². The Morgan fingerprint density at radius 2 is 1.37 bits per heavy atom. The third-order valence-electron chi connectivity index (χ3n) is 4.89. The summed E-state index contributed by atoms with van der Waals surface area (Å²) in [6.07, 6.45) is 2.42. The Hall–Kier alpha value is -2.28. The fourth-order valence-electron chi connectivity index (χ4n) is 3.65. The quantitative estimate of drug-likeness (QED) is 0.489. The Balaban J connectivity index is 1.82. The second-order valence-corrected chi connectivity index (χ2v) is 9.15. The van der Waals surface area contributed by atoms with Gasteiger partial charge < -0.3 is 0 Å². The minimum absolute atomic E-state index is 0.216. The Labute approximate surface area is 168 Å². The van der Waals surface area contributed by atoms with Crippen LogP contribution in [0, 0.1) is 0 Å². The molecule has 1 heterocycles. The predicted molar refractivity (Wildman–Crippen MR) is 114 cm³/mol. The summed E-state index contributed by atoms with van der Waals surface area (Å²) in [5.41, 5.74) is 2.57. The van der Waals surface area contributed by atoms with E-state index >= 15 is 0 Å². The van der Waals surface area contributed by atoms with Crippen LogP contribution in [0.2, 0.25) is 0 Å². The van der Waals surface area contributed by atoms with E-state index in [1.807, 2.05) is 0 Å². The van der Waals surface area contributed by atoms with Crippen LogP contribution in [0.4, 0.5) is 0 Å². The molecule has 1 nitrogen and oxygen atoms in total. The molecule has 0 saturated carbocycles. The molecule has 0 bridgehead atoms. The minimum atomic E-state index is 0.216. The molecule has 27 heavy (non-hydrogen) atoms. The van der Waals surface area contributed by atoms with Crippen LogP contribution in [0.3, 0.4) is 0 Å². The zero-order valence-corrected chi connectivity index (χ0v) is 17.3. The van der Waals surface area contributed by atoms with Crippen LogP contribution in [-0.2, 0) is 4.74 Å². The molecule has 0 aromatic heterocycles. The molecular formula is C25H24OSe. The van der Waals surface area contributed by atoms with Gasteiger partial charge in [0.25, 0.3) is 0 Å². The van der Waals surface area contributed by atoms with E-state index in [-0.39, 0.29) is 21.1 Å². The molecule has 136 valence electrons. The third-order valence-corrected chi connectivity index (χ3v) is 7.33. The van der Waals surface area contributed by atoms with E-state index in [0.717, 1.165) is 18.6 Å². The van der Waals surface area contributed by atoms with Gasteiger partial charge in [-0.1, -0.05) is 0 Å². The van der Waals surface area contributed by atoms with E-state index in [0.29, 0.717) is 5.92 Å². The maximum absolute atomic E-state index is 6.64. The molecule has 0 saturated heterocycles. The Kier molecular flexibility index (Phi) is 5.77. The van der Waals surface area contributed by atoms with Gasteiger partial charge in [-0.2, -0.15) is 0 Å². The van der Waals surface area contributed by atoms with Gasteiger partial charge in [0.1, 0.15) is 0 Å². The average molecular weight is 419 g/mol. The van der Waals surface area contributed by atoms with E-state index in [4.69, 9.17) is 4.74 Å². The number of benzene rings is 3. The summed E-state index contributed by atoms with van der Waals surface area (Å²) in [5.74, 6) is 1.44. The number of hydrogen-bond acceptors (Lipinski definition) is 1. The summed E-state index contributed by atoms with van der Waals surface area (Å²) in [4.78, 5) is 0. The molecule has 0 fully saturated rings. The molecule has 3 aromatic carbocycles. The Morgan fingerprint density at radius 3 is 2.00 bits per heavy atom. The maximum atomic E-state index is 6.64. The van der Waals surface area contributed by atoms with Gasteiger partial charge in [0.15, 0.2) is 0 Å². The summed E-state index contributed by atoms with van der Waals surface area (Å²) in [6.45, 7) is 2.24. The molecule has 0 N–H and O–H groups in total. The summed E-state index contributed by atoms with van der Waals surface area (Å²) in [7, 11) is 0. The molecule has 0 unspecified atom stereocenters. The number of rotatable bonds is 6. The molecule has 0 spiro atoms. The number of hydrogen-bond donors (Lipinski definition) is 0. The van der Waals surface area contributed by atoms with Crippen LogP contribution < -0.4 is 4.46 Å². The molecule has 0 amide bonds. The van der Waals surface area contributed by atoms with Crippen LogP contribution in [0.5, 0.6) is 0 Å². The molecular weight excluding hydrogens is 395 g/mol. The van der Waals surface area contributed by atoms with Gasteiger partial charge >= 0.3 is 168 Å². The van der Waals surface area contributed by atoms with Crippen molar-refractivity contribution >= 4 is 25.2 Å². The molecule has 4 rings (SSSR count). The zero-order valence-electron chi connectivity index (χ0n) is 15.5. The SMILES string of the molecule is CCC[C@@H]1OC(c2ccccc2)=C([Se]c2ccccc2)[C@H]1c1ccccc1. The van der Waals surface area contributed by atoms with Crippen molar-refractivity contribution in [2.75, 3.05) is 0 Å². The van der Waals surface area contributed by atoms with E-state index in [9.17, 15) is 0 Å². The van der Waals surface area contributed by atoms with Gasteiger partial charge in [0.2, 0.25) is 0 Å². The molecule has 0 radical (unpaired) electrons. The monoisotopic (exact) mass is 420 g/mol. The molecule has 2 atom stereocenters. The van der Waals surface area contributed by atoms with E-state index < -0.39 is 0 Å². The summed E-state index contributed by atoms with van der Waals surface area (Å²) in [6, 6.07) is 32.4. The van der Waals surface area contributed by atoms with Crippen molar-refractivity contribution in [2.45, 2.75) is 31.8 Å². The first-order valence-corrected chi connectivity index (χ1v) is 11.3. The van der Waals surface area contributed by atoms with E-state index in [1.165, 1.54) is 20.1 Å². The second kappa shape index (κ2) is 8.61. The van der Waals surface area contributed by atoms with Gasteiger partial charge in [-0.25, -0.2) is 0 Å². The average Bonchev–Trinajstić information content (AvgIpc) is 3.08. The van der Waals surface area contributed by atoms with Crippen molar-refractivity contribution in [1.82, 2.24) is 0 Å². The molecule has 2 heteroatoms. The summed E-state index contributed by atoms with van der Waals surface area (Å²) in [5, 5.41) is 0. The van der Waals surface area contributed by atoms with Crippen LogP contribution in [-0.4, -0.2) is 21.1 Å². The molecule has 1 aliphatic heterocycles. The summed E-state index contributed by atoms with van der Waals surface area (Å²) >= 11 is 0.232. The fraction of sp³-hybridized carbons (Fsp3) is 0.200. The van der Waals surface area contributed by atoms with Crippen molar-refractivity contribution in [1.29, 1.82) is 0 Å². The van der Waals surface area contributed by atoms with Crippen LogP contribution in [0.25, 0.3) is 5.76 Å². The van der Waals surface area contributed by atoms with E-state index in [2.05, 4.69) is 97.9 Å². The standard InChI is InChI=1S/C25H24OSe/c1-2-12-22-23(19-13-6-3-7-14-19)25(27-21-17-10-5-11-18-21)24(26-22)20-15-8-4-9-16-20/h3-11,13-18,22-23H,2,12H2,1H3/t22-,23-/m0/s1. The summed E-state index contributed by atoms with van der Waals surface area (Å²) < 4.78 is 9.50. The van der Waals surface area contributed by atoms with Crippen molar-refractivity contribution in [3.8, 4) is 0 Å². The van der Waals surface area contributed by atoms with Crippen LogP contribution in [0.15, 0.2) is 95.5 Å². The van der Waals surface area contributed by atoms with Gasteiger partial charge in [-0.15, -0.1) is 0 Å². The van der Waals surface area contributed by atoms with Crippen LogP contribution in [0.1, 0.15) is 36.8 Å². The third kappa shape index (κ3) is 4.03. The van der Waals surface area contributed by atoms with E-state index in [1.54, 1.807) is 0 Å². The van der Waals surface area contributed by atoms with Crippen molar-refractivity contribution < 1.29 is 4.74 Å². The molecule has 1 aliphatic rings. The zero-order chi connectivity index (χ0) is 18.5. The van der Waals surface area contributed by atoms with Gasteiger partial charge in [-0.05, 0) is 0 Å². The normalized spacial score (nSPS) is 19.1. The first kappa shape index (κ1) is 18.1. The first-order chi connectivity index (χ1) is 13.4. The number of ether oxygens (including phenoxy) is 1. The molecule has 3 aromatic rings. The first-order valence-electron chi connectivity index (χ1n) is 9.61. The molecule has 0 aliphatic carbocycles. The van der Waals surface area contributed by atoms with Crippen molar-refractivity contribution in [3.63, 3.8) is 0 Å². The Morgan fingerprint density at radius 1 is 0.778 bits per heavy atom.